The van der Waals surface area contributed by atoms with Crippen LogP contribution < -0.4 is 14.8 Å². The molecule has 0 bridgehead atoms. The van der Waals surface area contributed by atoms with Gasteiger partial charge in [0.2, 0.25) is 0 Å². The Balaban J connectivity index is 2.04. The molecule has 4 nitrogen and oxygen atoms in total. The Morgan fingerprint density at radius 1 is 0.931 bits per heavy atom. The van der Waals surface area contributed by atoms with Gasteiger partial charge in [-0.05, 0) is 49.8 Å². The average molecular weight is 460 g/mol. The molecule has 0 radical (unpaired) electrons. The molecule has 7 heteroatoms. The number of hydrogen-bond donors (Lipinski definition) is 1. The first-order valence-corrected chi connectivity index (χ1v) is 11.1. The topological polar surface area (TPSA) is 33.7 Å². The molecule has 0 heterocycles. The van der Waals surface area contributed by atoms with Crippen LogP contribution in [-0.4, -0.2) is 37.7 Å². The molecule has 0 amide bonds. The van der Waals surface area contributed by atoms with Gasteiger partial charge in [0, 0.05) is 35.2 Å². The maximum atomic E-state index is 6.51. The standard InChI is InChI=1S/C22H29Cl3N2O2/c1-4-27(5-2)10-9-26-14-16-11-20(25)22(21(12-16)28-6-3)29-15-17-7-8-18(23)13-19(17)24/h7-8,11-13,26H,4-6,9-10,14-15H2,1-3H3. The largest absolute Gasteiger partial charge is 0.490 e. The minimum Gasteiger partial charge on any atom is -0.490 e. The lowest BCUT2D eigenvalue weighted by Gasteiger charge is -2.19. The highest BCUT2D eigenvalue weighted by atomic mass is 35.5. The van der Waals surface area contributed by atoms with Crippen molar-refractivity contribution in [1.29, 1.82) is 0 Å². The second-order valence-electron chi connectivity index (χ2n) is 6.57. The van der Waals surface area contributed by atoms with E-state index in [-0.39, 0.29) is 6.61 Å². The lowest BCUT2D eigenvalue weighted by atomic mass is 10.2. The number of benzene rings is 2. The Bertz CT molecular complexity index is 783. The molecule has 0 spiro atoms. The van der Waals surface area contributed by atoms with Gasteiger partial charge in [-0.1, -0.05) is 54.7 Å². The van der Waals surface area contributed by atoms with E-state index in [1.54, 1.807) is 12.1 Å². The van der Waals surface area contributed by atoms with Gasteiger partial charge in [0.05, 0.1) is 11.6 Å². The molecule has 29 heavy (non-hydrogen) atoms. The Morgan fingerprint density at radius 3 is 2.34 bits per heavy atom. The van der Waals surface area contributed by atoms with Crippen molar-refractivity contribution >= 4 is 34.8 Å². The van der Waals surface area contributed by atoms with E-state index >= 15 is 0 Å². The molecule has 2 rings (SSSR count). The van der Waals surface area contributed by atoms with Crippen LogP contribution in [0.3, 0.4) is 0 Å². The molecule has 0 aliphatic carbocycles. The van der Waals surface area contributed by atoms with Crippen molar-refractivity contribution < 1.29 is 9.47 Å². The number of nitrogens with one attached hydrogen (secondary N) is 1. The summed E-state index contributed by atoms with van der Waals surface area (Å²) in [6.07, 6.45) is 0. The van der Waals surface area contributed by atoms with E-state index in [9.17, 15) is 0 Å². The molecular weight excluding hydrogens is 431 g/mol. The summed E-state index contributed by atoms with van der Waals surface area (Å²) in [5.74, 6) is 1.15. The van der Waals surface area contributed by atoms with Gasteiger partial charge in [0.25, 0.3) is 0 Å². The van der Waals surface area contributed by atoms with E-state index < -0.39 is 0 Å². The van der Waals surface area contributed by atoms with Crippen LogP contribution in [0.15, 0.2) is 30.3 Å². The minimum absolute atomic E-state index is 0.275. The molecule has 1 N–H and O–H groups in total. The molecular formula is C22H29Cl3N2O2. The summed E-state index contributed by atoms with van der Waals surface area (Å²) in [4.78, 5) is 2.38. The van der Waals surface area contributed by atoms with Gasteiger partial charge < -0.3 is 19.7 Å². The summed E-state index contributed by atoms with van der Waals surface area (Å²) in [5, 5.41) is 5.12. The zero-order valence-corrected chi connectivity index (χ0v) is 19.5. The highest BCUT2D eigenvalue weighted by molar-refractivity contribution is 6.35. The zero-order valence-electron chi connectivity index (χ0n) is 17.2. The minimum atomic E-state index is 0.275. The monoisotopic (exact) mass is 458 g/mol. The number of halogens is 3. The van der Waals surface area contributed by atoms with Gasteiger partial charge >= 0.3 is 0 Å². The van der Waals surface area contributed by atoms with Gasteiger partial charge in [-0.3, -0.25) is 0 Å². The molecule has 0 fully saturated rings. The number of nitrogens with zero attached hydrogens (tertiary/aromatic N) is 1. The first kappa shape index (κ1) is 24.1. The van der Waals surface area contributed by atoms with Crippen molar-refractivity contribution in [3.63, 3.8) is 0 Å². The third kappa shape index (κ3) is 7.54. The fourth-order valence-corrected chi connectivity index (χ4v) is 3.68. The van der Waals surface area contributed by atoms with Crippen molar-refractivity contribution in [3.8, 4) is 11.5 Å². The van der Waals surface area contributed by atoms with E-state index in [2.05, 4.69) is 24.1 Å². The maximum absolute atomic E-state index is 6.51. The molecule has 0 aliphatic rings. The third-order valence-corrected chi connectivity index (χ3v) is 5.45. The Morgan fingerprint density at radius 2 is 1.69 bits per heavy atom. The molecule has 0 unspecified atom stereocenters. The van der Waals surface area contributed by atoms with E-state index in [1.807, 2.05) is 25.1 Å². The van der Waals surface area contributed by atoms with E-state index in [1.165, 1.54) is 0 Å². The van der Waals surface area contributed by atoms with Crippen molar-refractivity contribution in [2.24, 2.45) is 0 Å². The van der Waals surface area contributed by atoms with Gasteiger partial charge in [0.1, 0.15) is 6.61 Å². The maximum Gasteiger partial charge on any atom is 0.180 e. The summed E-state index contributed by atoms with van der Waals surface area (Å²) in [6, 6.07) is 9.20. The fraction of sp³-hybridized carbons (Fsp3) is 0.455. The van der Waals surface area contributed by atoms with Crippen LogP contribution in [0.1, 0.15) is 31.9 Å². The van der Waals surface area contributed by atoms with Crippen LogP contribution >= 0.6 is 34.8 Å². The Labute approximate surface area is 189 Å². The molecule has 0 saturated carbocycles. The van der Waals surface area contributed by atoms with Gasteiger partial charge in [-0.25, -0.2) is 0 Å². The molecule has 0 saturated heterocycles. The van der Waals surface area contributed by atoms with Crippen molar-refractivity contribution in [2.45, 2.75) is 33.9 Å². The lowest BCUT2D eigenvalue weighted by Crippen LogP contribution is -2.31. The normalized spacial score (nSPS) is 11.1. The highest BCUT2D eigenvalue weighted by Crippen LogP contribution is 2.37. The Kier molecular flexibility index (Phi) is 10.4. The summed E-state index contributed by atoms with van der Waals surface area (Å²) in [6.45, 7) is 11.8. The van der Waals surface area contributed by atoms with Crippen molar-refractivity contribution in [3.05, 3.63) is 56.5 Å². The van der Waals surface area contributed by atoms with Crippen LogP contribution in [0.5, 0.6) is 11.5 Å². The predicted octanol–water partition coefficient (Wildman–Crippen LogP) is 6.06. The van der Waals surface area contributed by atoms with Crippen LogP contribution in [-0.2, 0) is 13.2 Å². The second-order valence-corrected chi connectivity index (χ2v) is 7.82. The SMILES string of the molecule is CCOc1cc(CNCCN(CC)CC)cc(Cl)c1OCc1ccc(Cl)cc1Cl. The smallest absolute Gasteiger partial charge is 0.180 e. The first-order valence-electron chi connectivity index (χ1n) is 9.93. The van der Waals surface area contributed by atoms with Crippen molar-refractivity contribution in [1.82, 2.24) is 10.2 Å². The quantitative estimate of drug-likeness (QED) is 0.391. The summed E-state index contributed by atoms with van der Waals surface area (Å²) in [7, 11) is 0. The van der Waals surface area contributed by atoms with Gasteiger partial charge in [0.15, 0.2) is 11.5 Å². The first-order chi connectivity index (χ1) is 14.0. The van der Waals surface area contributed by atoms with E-state index in [0.717, 1.165) is 37.3 Å². The number of likely N-dealkylation sites (N-methyl/N-ethyl adjacent to an activating group) is 1. The van der Waals surface area contributed by atoms with Crippen LogP contribution in [0, 0.1) is 0 Å². The second kappa shape index (κ2) is 12.5. The summed E-state index contributed by atoms with van der Waals surface area (Å²) < 4.78 is 11.7. The van der Waals surface area contributed by atoms with Crippen LogP contribution in [0.4, 0.5) is 0 Å². The summed E-state index contributed by atoms with van der Waals surface area (Å²) in [5.41, 5.74) is 1.88. The predicted molar refractivity (Wildman–Crippen MR) is 123 cm³/mol. The number of rotatable bonds is 12. The lowest BCUT2D eigenvalue weighted by molar-refractivity contribution is 0.269. The molecule has 2 aromatic carbocycles. The van der Waals surface area contributed by atoms with Crippen LogP contribution in [0.25, 0.3) is 0 Å². The average Bonchev–Trinajstić information content (AvgIpc) is 2.69. The number of hydrogen-bond acceptors (Lipinski definition) is 4. The van der Waals surface area contributed by atoms with Crippen molar-refractivity contribution in [2.75, 3.05) is 32.8 Å². The zero-order chi connectivity index (χ0) is 21.2. The van der Waals surface area contributed by atoms with E-state index in [0.29, 0.717) is 39.7 Å². The summed E-state index contributed by atoms with van der Waals surface area (Å²) >= 11 is 18.7. The van der Waals surface area contributed by atoms with Gasteiger partial charge in [-0.15, -0.1) is 0 Å². The molecule has 0 aromatic heterocycles. The van der Waals surface area contributed by atoms with E-state index in [4.69, 9.17) is 44.3 Å². The molecule has 0 atom stereocenters. The highest BCUT2D eigenvalue weighted by Gasteiger charge is 2.14. The molecule has 0 aliphatic heterocycles. The van der Waals surface area contributed by atoms with Crippen LogP contribution in [0.2, 0.25) is 15.1 Å². The molecule has 2 aromatic rings. The fourth-order valence-electron chi connectivity index (χ4n) is 2.92. The Hall–Kier alpha value is -1.17. The third-order valence-electron chi connectivity index (χ3n) is 4.58. The van der Waals surface area contributed by atoms with Gasteiger partial charge in [-0.2, -0.15) is 0 Å². The molecule has 160 valence electrons. The number of ether oxygens (including phenoxy) is 2.